The van der Waals surface area contributed by atoms with Crippen molar-refractivity contribution < 1.29 is 9.53 Å². The summed E-state index contributed by atoms with van der Waals surface area (Å²) < 4.78 is 5.72. The molecule has 0 bridgehead atoms. The largest absolute Gasteiger partial charge is 0.491 e. The molecule has 26 heavy (non-hydrogen) atoms. The van der Waals surface area contributed by atoms with Gasteiger partial charge in [-0.15, -0.1) is 24.0 Å². The molecule has 146 valence electrons. The molecule has 1 fully saturated rings. The maximum Gasteiger partial charge on any atom is 0.241 e. The third kappa shape index (κ3) is 7.80. The van der Waals surface area contributed by atoms with E-state index in [0.29, 0.717) is 12.5 Å². The third-order valence-electron chi connectivity index (χ3n) is 3.90. The number of nitrogens with zero attached hydrogens (tertiary/aromatic N) is 2. The zero-order valence-corrected chi connectivity index (χ0v) is 18.3. The maximum absolute atomic E-state index is 12.1. The van der Waals surface area contributed by atoms with Gasteiger partial charge in [0.15, 0.2) is 5.96 Å². The Hall–Kier alpha value is -1.51. The van der Waals surface area contributed by atoms with E-state index >= 15 is 0 Å². The van der Waals surface area contributed by atoms with Crippen molar-refractivity contribution in [3.63, 3.8) is 0 Å². The second-order valence-electron chi connectivity index (χ2n) is 6.45. The molecule has 1 amide bonds. The lowest BCUT2D eigenvalue weighted by Crippen LogP contribution is -2.44. The van der Waals surface area contributed by atoms with Gasteiger partial charge in [0, 0.05) is 19.6 Å². The molecular formula is C19H31IN4O2. The van der Waals surface area contributed by atoms with Crippen LogP contribution < -0.4 is 15.4 Å². The second-order valence-corrected chi connectivity index (χ2v) is 6.45. The lowest BCUT2D eigenvalue weighted by Gasteiger charge is -2.17. The molecule has 0 atom stereocenters. The molecule has 1 aliphatic rings. The Balaban J connectivity index is 0.00000338. The van der Waals surface area contributed by atoms with Crippen molar-refractivity contribution in [3.05, 3.63) is 29.8 Å². The number of carbonyl (C=O) groups excluding carboxylic acids is 1. The number of amides is 1. The van der Waals surface area contributed by atoms with Gasteiger partial charge in [-0.1, -0.05) is 12.1 Å². The molecule has 0 radical (unpaired) electrons. The van der Waals surface area contributed by atoms with Gasteiger partial charge < -0.3 is 20.3 Å². The zero-order valence-electron chi connectivity index (χ0n) is 16.0. The smallest absolute Gasteiger partial charge is 0.241 e. The Morgan fingerprint density at radius 1 is 1.27 bits per heavy atom. The van der Waals surface area contributed by atoms with Crippen molar-refractivity contribution in [2.75, 3.05) is 26.2 Å². The molecule has 0 spiro atoms. The summed E-state index contributed by atoms with van der Waals surface area (Å²) in [5.74, 6) is 1.64. The first-order valence-electron chi connectivity index (χ1n) is 9.14. The number of benzene rings is 1. The van der Waals surface area contributed by atoms with Crippen molar-refractivity contribution in [3.8, 4) is 5.75 Å². The molecule has 0 unspecified atom stereocenters. The number of hydrogen-bond donors (Lipinski definition) is 2. The van der Waals surface area contributed by atoms with Gasteiger partial charge in [0.25, 0.3) is 0 Å². The van der Waals surface area contributed by atoms with E-state index in [1.807, 2.05) is 49.9 Å². The van der Waals surface area contributed by atoms with Crippen LogP contribution in [0.4, 0.5) is 0 Å². The summed E-state index contributed by atoms with van der Waals surface area (Å²) in [7, 11) is 0. The summed E-state index contributed by atoms with van der Waals surface area (Å²) in [5, 5.41) is 6.31. The van der Waals surface area contributed by atoms with Gasteiger partial charge in [-0.05, 0) is 51.3 Å². The van der Waals surface area contributed by atoms with E-state index in [1.54, 1.807) is 0 Å². The molecule has 0 aliphatic carbocycles. The van der Waals surface area contributed by atoms with Crippen LogP contribution in [0.2, 0.25) is 0 Å². The minimum atomic E-state index is 0. The lowest BCUT2D eigenvalue weighted by molar-refractivity contribution is -0.128. The highest BCUT2D eigenvalue weighted by atomic mass is 127. The zero-order chi connectivity index (χ0) is 18.1. The second kappa shape index (κ2) is 12.0. The summed E-state index contributed by atoms with van der Waals surface area (Å²) in [6.45, 7) is 9.33. The van der Waals surface area contributed by atoms with Crippen LogP contribution in [0.1, 0.15) is 39.2 Å². The summed E-state index contributed by atoms with van der Waals surface area (Å²) in [4.78, 5) is 18.6. The Morgan fingerprint density at radius 2 is 2.00 bits per heavy atom. The highest BCUT2D eigenvalue weighted by Gasteiger charge is 2.17. The number of nitrogens with one attached hydrogen (secondary N) is 2. The Bertz CT molecular complexity index is 587. The summed E-state index contributed by atoms with van der Waals surface area (Å²) in [6.07, 6.45) is 2.36. The van der Waals surface area contributed by atoms with Crippen LogP contribution in [0.15, 0.2) is 29.3 Å². The Morgan fingerprint density at radius 3 is 2.65 bits per heavy atom. The minimum absolute atomic E-state index is 0. The first-order chi connectivity index (χ1) is 12.1. The van der Waals surface area contributed by atoms with E-state index in [1.165, 1.54) is 0 Å². The van der Waals surface area contributed by atoms with Gasteiger partial charge in [-0.25, -0.2) is 4.99 Å². The van der Waals surface area contributed by atoms with E-state index in [2.05, 4.69) is 15.6 Å². The van der Waals surface area contributed by atoms with Crippen LogP contribution in [-0.4, -0.2) is 49.0 Å². The first kappa shape index (κ1) is 22.5. The standard InChI is InChI=1S/C19H30N4O2.HI/c1-4-20-19(22-14-18(24)23-10-5-6-11-23)21-13-16-8-7-9-17(12-16)25-15(2)3;/h7-9,12,15H,4-6,10-11,13-14H2,1-3H3,(H2,20,21,22);1H. The monoisotopic (exact) mass is 474 g/mol. The lowest BCUT2D eigenvalue weighted by atomic mass is 10.2. The maximum atomic E-state index is 12.1. The number of aliphatic imine (C=N–C) groups is 1. The molecule has 6 nitrogen and oxygen atoms in total. The third-order valence-corrected chi connectivity index (χ3v) is 3.90. The van der Waals surface area contributed by atoms with Gasteiger partial charge in [0.1, 0.15) is 5.75 Å². The number of likely N-dealkylation sites (tertiary alicyclic amines) is 1. The van der Waals surface area contributed by atoms with Crippen LogP contribution in [-0.2, 0) is 11.3 Å². The van der Waals surface area contributed by atoms with Gasteiger partial charge in [0.2, 0.25) is 5.91 Å². The van der Waals surface area contributed by atoms with Gasteiger partial charge >= 0.3 is 0 Å². The van der Waals surface area contributed by atoms with E-state index < -0.39 is 0 Å². The number of hydrogen-bond acceptors (Lipinski definition) is 3. The Labute approximate surface area is 173 Å². The van der Waals surface area contributed by atoms with E-state index in [0.717, 1.165) is 43.8 Å². The van der Waals surface area contributed by atoms with Crippen LogP contribution in [0.5, 0.6) is 5.75 Å². The van der Waals surface area contributed by atoms with Crippen LogP contribution in [0, 0.1) is 0 Å². The van der Waals surface area contributed by atoms with E-state index in [9.17, 15) is 4.79 Å². The number of ether oxygens (including phenoxy) is 1. The van der Waals surface area contributed by atoms with Gasteiger partial charge in [-0.3, -0.25) is 4.79 Å². The van der Waals surface area contributed by atoms with Crippen molar-refractivity contribution in [1.82, 2.24) is 15.5 Å². The SMILES string of the molecule is CCNC(=NCc1cccc(OC(C)C)c1)NCC(=O)N1CCCC1.I. The average Bonchev–Trinajstić information content (AvgIpc) is 3.11. The topological polar surface area (TPSA) is 66.0 Å². The summed E-state index contributed by atoms with van der Waals surface area (Å²) in [6, 6.07) is 7.95. The van der Waals surface area contributed by atoms with E-state index in [-0.39, 0.29) is 42.5 Å². The highest BCUT2D eigenvalue weighted by molar-refractivity contribution is 14.0. The molecule has 2 N–H and O–H groups in total. The van der Waals surface area contributed by atoms with Gasteiger partial charge in [0.05, 0.1) is 19.2 Å². The highest BCUT2D eigenvalue weighted by Crippen LogP contribution is 2.15. The molecule has 0 aromatic heterocycles. The molecule has 1 saturated heterocycles. The average molecular weight is 474 g/mol. The normalized spacial score (nSPS) is 14.2. The molecule has 1 aliphatic heterocycles. The number of halogens is 1. The number of guanidine groups is 1. The molecule has 0 saturated carbocycles. The molecule has 1 aromatic carbocycles. The predicted molar refractivity (Wildman–Crippen MR) is 116 cm³/mol. The fraction of sp³-hybridized carbons (Fsp3) is 0.579. The molecule has 2 rings (SSSR count). The van der Waals surface area contributed by atoms with Gasteiger partial charge in [-0.2, -0.15) is 0 Å². The molecular weight excluding hydrogens is 443 g/mol. The Kier molecular flexibility index (Phi) is 10.4. The quantitative estimate of drug-likeness (QED) is 0.363. The van der Waals surface area contributed by atoms with Crippen molar-refractivity contribution >= 4 is 35.8 Å². The summed E-state index contributed by atoms with van der Waals surface area (Å²) >= 11 is 0. The van der Waals surface area contributed by atoms with Crippen LogP contribution >= 0.6 is 24.0 Å². The van der Waals surface area contributed by atoms with Crippen molar-refractivity contribution in [2.45, 2.75) is 46.3 Å². The van der Waals surface area contributed by atoms with E-state index in [4.69, 9.17) is 4.74 Å². The van der Waals surface area contributed by atoms with Crippen LogP contribution in [0.25, 0.3) is 0 Å². The summed E-state index contributed by atoms with van der Waals surface area (Å²) in [5.41, 5.74) is 1.07. The minimum Gasteiger partial charge on any atom is -0.491 e. The first-order valence-corrected chi connectivity index (χ1v) is 9.14. The number of carbonyl (C=O) groups is 1. The van der Waals surface area contributed by atoms with Crippen molar-refractivity contribution in [1.29, 1.82) is 0 Å². The van der Waals surface area contributed by atoms with Crippen LogP contribution in [0.3, 0.4) is 0 Å². The fourth-order valence-electron chi connectivity index (χ4n) is 2.74. The number of rotatable bonds is 7. The molecule has 1 heterocycles. The molecule has 7 heteroatoms. The fourth-order valence-corrected chi connectivity index (χ4v) is 2.74. The molecule has 1 aromatic rings. The predicted octanol–water partition coefficient (Wildman–Crippen LogP) is 2.77. The van der Waals surface area contributed by atoms with Crippen molar-refractivity contribution in [2.24, 2.45) is 4.99 Å².